The smallest absolute Gasteiger partial charge is 0.161 e. The van der Waals surface area contributed by atoms with E-state index in [1.165, 1.54) is 12.1 Å². The fraction of sp³-hybridized carbons (Fsp3) is 0.368. The maximum absolute atomic E-state index is 14.4. The van der Waals surface area contributed by atoms with E-state index in [9.17, 15) is 17.6 Å². The van der Waals surface area contributed by atoms with Gasteiger partial charge in [0.2, 0.25) is 0 Å². The zero-order valence-corrected chi connectivity index (χ0v) is 12.9. The molecule has 0 heterocycles. The van der Waals surface area contributed by atoms with E-state index in [2.05, 4.69) is 6.92 Å². The Kier molecular flexibility index (Phi) is 4.42. The second kappa shape index (κ2) is 6.34. The molecule has 2 aromatic rings. The minimum atomic E-state index is -1.28. The summed E-state index contributed by atoms with van der Waals surface area (Å²) in [5.41, 5.74) is 0.584. The topological polar surface area (TPSA) is 0 Å². The average Bonchev–Trinajstić information content (AvgIpc) is 2.52. The molecule has 0 bridgehead atoms. The second-order valence-electron chi connectivity index (χ2n) is 6.44. The predicted octanol–water partition coefficient (Wildman–Crippen LogP) is 6.20. The minimum absolute atomic E-state index is 0.0469. The van der Waals surface area contributed by atoms with Crippen LogP contribution in [0.2, 0.25) is 0 Å². The van der Waals surface area contributed by atoms with E-state index < -0.39 is 23.3 Å². The van der Waals surface area contributed by atoms with Gasteiger partial charge < -0.3 is 0 Å². The van der Waals surface area contributed by atoms with Gasteiger partial charge in [0.1, 0.15) is 11.6 Å². The molecule has 1 aliphatic rings. The molecule has 0 N–H and O–H groups in total. The van der Waals surface area contributed by atoms with Gasteiger partial charge in [0, 0.05) is 17.2 Å². The van der Waals surface area contributed by atoms with Crippen LogP contribution >= 0.6 is 0 Å². The highest BCUT2D eigenvalue weighted by atomic mass is 19.2. The van der Waals surface area contributed by atoms with Crippen molar-refractivity contribution in [1.29, 1.82) is 0 Å². The quantitative estimate of drug-likeness (QED) is 0.456. The standard InChI is InChI=1S/C19H18F4/c1-11-2-4-12(5-3-11)13-6-7-14(16(20)8-13)15-9-18(22)19(23)10-17(15)21/h6-12H,2-5H2,1H3. The molecule has 0 saturated heterocycles. The van der Waals surface area contributed by atoms with Crippen LogP contribution in [0.3, 0.4) is 0 Å². The lowest BCUT2D eigenvalue weighted by molar-refractivity contribution is 0.347. The lowest BCUT2D eigenvalue weighted by Gasteiger charge is -2.26. The first-order valence-corrected chi connectivity index (χ1v) is 7.90. The Balaban J connectivity index is 1.92. The Labute approximate surface area is 133 Å². The van der Waals surface area contributed by atoms with Crippen molar-refractivity contribution in [1.82, 2.24) is 0 Å². The van der Waals surface area contributed by atoms with Crippen LogP contribution in [0.5, 0.6) is 0 Å². The number of hydrogen-bond donors (Lipinski definition) is 0. The predicted molar refractivity (Wildman–Crippen MR) is 82.1 cm³/mol. The number of rotatable bonds is 2. The van der Waals surface area contributed by atoms with Crippen LogP contribution in [0.4, 0.5) is 17.6 Å². The number of benzene rings is 2. The van der Waals surface area contributed by atoms with Gasteiger partial charge >= 0.3 is 0 Å². The van der Waals surface area contributed by atoms with Crippen molar-refractivity contribution in [2.75, 3.05) is 0 Å². The molecule has 0 unspecified atom stereocenters. The number of hydrogen-bond acceptors (Lipinski definition) is 0. The lowest BCUT2D eigenvalue weighted by Crippen LogP contribution is -2.11. The van der Waals surface area contributed by atoms with Gasteiger partial charge in [-0.1, -0.05) is 31.9 Å². The third-order valence-corrected chi connectivity index (χ3v) is 4.78. The second-order valence-corrected chi connectivity index (χ2v) is 6.44. The first kappa shape index (κ1) is 16.0. The Morgan fingerprint density at radius 3 is 1.96 bits per heavy atom. The molecular weight excluding hydrogens is 304 g/mol. The van der Waals surface area contributed by atoms with Gasteiger partial charge in [-0.15, -0.1) is 0 Å². The van der Waals surface area contributed by atoms with Crippen LogP contribution in [-0.4, -0.2) is 0 Å². The molecule has 0 aromatic heterocycles. The summed E-state index contributed by atoms with van der Waals surface area (Å²) in [6.07, 6.45) is 4.26. The molecule has 2 aromatic carbocycles. The molecule has 3 rings (SSSR count). The summed E-state index contributed by atoms with van der Waals surface area (Å²) in [5, 5.41) is 0. The summed E-state index contributed by atoms with van der Waals surface area (Å²) in [6.45, 7) is 2.21. The summed E-state index contributed by atoms with van der Waals surface area (Å²) in [7, 11) is 0. The van der Waals surface area contributed by atoms with E-state index in [1.54, 1.807) is 6.07 Å². The van der Waals surface area contributed by atoms with Crippen molar-refractivity contribution >= 4 is 0 Å². The molecule has 0 spiro atoms. The van der Waals surface area contributed by atoms with Gasteiger partial charge in [-0.25, -0.2) is 17.6 Å². The molecule has 0 atom stereocenters. The van der Waals surface area contributed by atoms with Crippen LogP contribution in [0.25, 0.3) is 11.1 Å². The van der Waals surface area contributed by atoms with E-state index in [-0.39, 0.29) is 11.1 Å². The van der Waals surface area contributed by atoms with Crippen molar-refractivity contribution < 1.29 is 17.6 Å². The largest absolute Gasteiger partial charge is 0.206 e. The molecular formula is C19H18F4. The van der Waals surface area contributed by atoms with E-state index in [0.717, 1.165) is 31.2 Å². The van der Waals surface area contributed by atoms with E-state index in [4.69, 9.17) is 0 Å². The molecule has 1 aliphatic carbocycles. The highest BCUT2D eigenvalue weighted by Crippen LogP contribution is 2.37. The average molecular weight is 322 g/mol. The van der Waals surface area contributed by atoms with E-state index in [0.29, 0.717) is 24.0 Å². The summed E-state index contributed by atoms with van der Waals surface area (Å²) < 4.78 is 54.5. The van der Waals surface area contributed by atoms with Crippen LogP contribution in [0, 0.1) is 29.2 Å². The fourth-order valence-electron chi connectivity index (χ4n) is 3.33. The molecule has 0 nitrogen and oxygen atoms in total. The highest BCUT2D eigenvalue weighted by molar-refractivity contribution is 5.65. The maximum atomic E-state index is 14.4. The molecule has 1 saturated carbocycles. The van der Waals surface area contributed by atoms with Gasteiger partial charge in [-0.05, 0) is 42.4 Å². The summed E-state index contributed by atoms with van der Waals surface area (Å²) >= 11 is 0. The van der Waals surface area contributed by atoms with Gasteiger partial charge in [0.15, 0.2) is 11.6 Å². The normalized spacial score (nSPS) is 21.4. The first-order chi connectivity index (χ1) is 11.0. The Morgan fingerprint density at radius 1 is 0.696 bits per heavy atom. The summed E-state index contributed by atoms with van der Waals surface area (Å²) in [6, 6.07) is 5.76. The van der Waals surface area contributed by atoms with Crippen molar-refractivity contribution in [3.8, 4) is 11.1 Å². The van der Waals surface area contributed by atoms with Crippen molar-refractivity contribution in [2.45, 2.75) is 38.5 Å². The maximum Gasteiger partial charge on any atom is 0.161 e. The third-order valence-electron chi connectivity index (χ3n) is 4.78. The zero-order valence-electron chi connectivity index (χ0n) is 12.9. The monoisotopic (exact) mass is 322 g/mol. The highest BCUT2D eigenvalue weighted by Gasteiger charge is 2.21. The summed E-state index contributed by atoms with van der Waals surface area (Å²) in [5.74, 6) is -3.03. The van der Waals surface area contributed by atoms with E-state index >= 15 is 0 Å². The molecule has 0 amide bonds. The molecule has 23 heavy (non-hydrogen) atoms. The zero-order chi connectivity index (χ0) is 16.6. The Hall–Kier alpha value is -1.84. The van der Waals surface area contributed by atoms with Crippen molar-refractivity contribution in [3.05, 3.63) is 59.2 Å². The molecule has 0 radical (unpaired) electrons. The van der Waals surface area contributed by atoms with Gasteiger partial charge in [0.25, 0.3) is 0 Å². The fourth-order valence-corrected chi connectivity index (χ4v) is 3.33. The SMILES string of the molecule is CC1CCC(c2ccc(-c3cc(F)c(F)cc3F)c(F)c2)CC1. The van der Waals surface area contributed by atoms with Crippen LogP contribution in [0.15, 0.2) is 30.3 Å². The van der Waals surface area contributed by atoms with Crippen molar-refractivity contribution in [2.24, 2.45) is 5.92 Å². The molecule has 1 fully saturated rings. The molecule has 0 aliphatic heterocycles. The van der Waals surface area contributed by atoms with Crippen LogP contribution in [0.1, 0.15) is 44.1 Å². The Bertz CT molecular complexity index is 716. The van der Waals surface area contributed by atoms with Crippen molar-refractivity contribution in [3.63, 3.8) is 0 Å². The first-order valence-electron chi connectivity index (χ1n) is 7.90. The third kappa shape index (κ3) is 3.26. The van der Waals surface area contributed by atoms with Crippen LogP contribution in [-0.2, 0) is 0 Å². The Morgan fingerprint density at radius 2 is 1.30 bits per heavy atom. The molecule has 4 heteroatoms. The van der Waals surface area contributed by atoms with Gasteiger partial charge in [0.05, 0.1) is 0 Å². The van der Waals surface area contributed by atoms with Gasteiger partial charge in [-0.2, -0.15) is 0 Å². The summed E-state index contributed by atoms with van der Waals surface area (Å²) in [4.78, 5) is 0. The minimum Gasteiger partial charge on any atom is -0.206 e. The lowest BCUT2D eigenvalue weighted by atomic mass is 9.79. The number of halogens is 4. The van der Waals surface area contributed by atoms with Crippen LogP contribution < -0.4 is 0 Å². The van der Waals surface area contributed by atoms with E-state index in [1.807, 2.05) is 0 Å². The molecule has 122 valence electrons. The van der Waals surface area contributed by atoms with Gasteiger partial charge in [-0.3, -0.25) is 0 Å².